The van der Waals surface area contributed by atoms with E-state index in [0.29, 0.717) is 6.42 Å². The van der Waals surface area contributed by atoms with Crippen molar-refractivity contribution in [2.45, 2.75) is 39.0 Å². The number of hydrogen-bond acceptors (Lipinski definition) is 2. The van der Waals surface area contributed by atoms with Gasteiger partial charge in [-0.1, -0.05) is 62.6 Å². The van der Waals surface area contributed by atoms with Crippen molar-refractivity contribution in [1.29, 1.82) is 0 Å². The van der Waals surface area contributed by atoms with Crippen LogP contribution >= 0.6 is 0 Å². The first-order chi connectivity index (χ1) is 7.81. The molecule has 0 aromatic heterocycles. The number of unbranched alkanes of at least 4 members (excludes halogenated alkanes) is 3. The van der Waals surface area contributed by atoms with E-state index in [4.69, 9.17) is 0 Å². The van der Waals surface area contributed by atoms with E-state index < -0.39 is 0 Å². The number of carbonyl (C=O) groups is 1. The summed E-state index contributed by atoms with van der Waals surface area (Å²) in [5.74, 6) is -0.0869. The van der Waals surface area contributed by atoms with E-state index in [1.165, 1.54) is 20.0 Å². The molecule has 0 atom stereocenters. The molecule has 1 aromatic carbocycles. The maximum atomic E-state index is 10.6. The lowest BCUT2D eigenvalue weighted by Gasteiger charge is -1.97. The average molecular weight is 222 g/mol. The second-order valence-corrected chi connectivity index (χ2v) is 3.54. The lowest BCUT2D eigenvalue weighted by atomic mass is 10.2. The quantitative estimate of drug-likeness (QED) is 0.559. The summed E-state index contributed by atoms with van der Waals surface area (Å²) in [7, 11) is 1.43. The highest BCUT2D eigenvalue weighted by atomic mass is 16.5. The van der Waals surface area contributed by atoms with Crippen LogP contribution in [0.1, 0.15) is 39.0 Å². The predicted octanol–water partition coefficient (Wildman–Crippen LogP) is 3.82. The Morgan fingerprint density at radius 1 is 0.938 bits per heavy atom. The van der Waals surface area contributed by atoms with Crippen molar-refractivity contribution in [1.82, 2.24) is 0 Å². The van der Waals surface area contributed by atoms with Crippen LogP contribution in [0, 0.1) is 0 Å². The summed E-state index contributed by atoms with van der Waals surface area (Å²) in [5, 5.41) is 0. The third-order valence-corrected chi connectivity index (χ3v) is 2.13. The van der Waals surface area contributed by atoms with Crippen LogP contribution in [0.2, 0.25) is 0 Å². The summed E-state index contributed by atoms with van der Waals surface area (Å²) in [6.45, 7) is 2.15. The summed E-state index contributed by atoms with van der Waals surface area (Å²) in [6, 6.07) is 12.0. The average Bonchev–Trinajstić information content (AvgIpc) is 2.37. The van der Waals surface area contributed by atoms with Crippen molar-refractivity contribution >= 4 is 5.97 Å². The summed E-state index contributed by atoms with van der Waals surface area (Å²) in [6.07, 6.45) is 5.13. The Morgan fingerprint density at radius 3 is 1.81 bits per heavy atom. The fraction of sp³-hybridized carbons (Fsp3) is 0.500. The Kier molecular flexibility index (Phi) is 10.8. The monoisotopic (exact) mass is 222 g/mol. The van der Waals surface area contributed by atoms with Gasteiger partial charge in [0.25, 0.3) is 0 Å². The molecule has 1 aromatic rings. The molecule has 0 fully saturated rings. The lowest BCUT2D eigenvalue weighted by molar-refractivity contribution is -0.140. The Balaban J connectivity index is 0.000000315. The highest BCUT2D eigenvalue weighted by Crippen LogP contribution is 2.02. The van der Waals surface area contributed by atoms with Gasteiger partial charge < -0.3 is 4.74 Å². The van der Waals surface area contributed by atoms with Gasteiger partial charge in [-0.25, -0.2) is 0 Å². The highest BCUT2D eigenvalue weighted by Gasteiger charge is 1.97. The van der Waals surface area contributed by atoms with Gasteiger partial charge in [0.1, 0.15) is 0 Å². The molecule has 0 saturated carbocycles. The number of hydrogen-bond donors (Lipinski definition) is 0. The SMILES string of the molecule is CCCCCCC(=O)OC.c1ccccc1. The Morgan fingerprint density at radius 2 is 1.44 bits per heavy atom. The minimum Gasteiger partial charge on any atom is -0.469 e. The van der Waals surface area contributed by atoms with E-state index in [0.717, 1.165) is 12.8 Å². The molecule has 0 saturated heterocycles. The molecule has 0 aliphatic carbocycles. The molecule has 0 unspecified atom stereocenters. The Bertz CT molecular complexity index is 217. The summed E-state index contributed by atoms with van der Waals surface area (Å²) in [5.41, 5.74) is 0. The molecule has 0 aliphatic rings. The maximum absolute atomic E-state index is 10.6. The standard InChI is InChI=1S/C8H16O2.C6H6/c1-3-4-5-6-7-8(9)10-2;1-2-4-6-5-3-1/h3-7H2,1-2H3;1-6H. The first-order valence-electron chi connectivity index (χ1n) is 5.88. The molecule has 2 nitrogen and oxygen atoms in total. The zero-order chi connectivity index (χ0) is 12.1. The van der Waals surface area contributed by atoms with Crippen LogP contribution in [-0.4, -0.2) is 13.1 Å². The molecule has 0 radical (unpaired) electrons. The van der Waals surface area contributed by atoms with Gasteiger partial charge >= 0.3 is 5.97 Å². The van der Waals surface area contributed by atoms with Gasteiger partial charge in [0, 0.05) is 6.42 Å². The normalized spacial score (nSPS) is 8.88. The van der Waals surface area contributed by atoms with Crippen LogP contribution in [0.5, 0.6) is 0 Å². The topological polar surface area (TPSA) is 26.3 Å². The predicted molar refractivity (Wildman–Crippen MR) is 67.2 cm³/mol. The summed E-state index contributed by atoms with van der Waals surface area (Å²) >= 11 is 0. The van der Waals surface area contributed by atoms with Crippen molar-refractivity contribution in [3.8, 4) is 0 Å². The third kappa shape index (κ3) is 10.8. The fourth-order valence-electron chi connectivity index (χ4n) is 1.18. The molecule has 0 aliphatic heterocycles. The van der Waals surface area contributed by atoms with Gasteiger partial charge in [0.05, 0.1) is 7.11 Å². The number of ether oxygens (including phenoxy) is 1. The highest BCUT2D eigenvalue weighted by molar-refractivity contribution is 5.68. The zero-order valence-corrected chi connectivity index (χ0v) is 10.3. The van der Waals surface area contributed by atoms with Crippen LogP contribution in [0.3, 0.4) is 0 Å². The lowest BCUT2D eigenvalue weighted by Crippen LogP contribution is -1.98. The molecule has 16 heavy (non-hydrogen) atoms. The van der Waals surface area contributed by atoms with Gasteiger partial charge in [-0.2, -0.15) is 0 Å². The van der Waals surface area contributed by atoms with Gasteiger partial charge in [0.2, 0.25) is 0 Å². The van der Waals surface area contributed by atoms with Crippen molar-refractivity contribution in [3.63, 3.8) is 0 Å². The van der Waals surface area contributed by atoms with Gasteiger partial charge in [-0.05, 0) is 6.42 Å². The van der Waals surface area contributed by atoms with Gasteiger partial charge in [-0.15, -0.1) is 0 Å². The number of methoxy groups -OCH3 is 1. The second-order valence-electron chi connectivity index (χ2n) is 3.54. The summed E-state index contributed by atoms with van der Waals surface area (Å²) < 4.78 is 4.49. The minimum atomic E-state index is -0.0869. The fourth-order valence-corrected chi connectivity index (χ4v) is 1.18. The van der Waals surface area contributed by atoms with Crippen molar-refractivity contribution in [2.24, 2.45) is 0 Å². The van der Waals surface area contributed by atoms with E-state index in [2.05, 4.69) is 11.7 Å². The molecule has 0 bridgehead atoms. The zero-order valence-electron chi connectivity index (χ0n) is 10.3. The van der Waals surface area contributed by atoms with Gasteiger partial charge in [0.15, 0.2) is 0 Å². The molecule has 0 amide bonds. The van der Waals surface area contributed by atoms with Crippen LogP contribution in [-0.2, 0) is 9.53 Å². The van der Waals surface area contributed by atoms with Crippen LogP contribution < -0.4 is 0 Å². The van der Waals surface area contributed by atoms with Crippen LogP contribution in [0.4, 0.5) is 0 Å². The van der Waals surface area contributed by atoms with E-state index in [1.54, 1.807) is 0 Å². The number of rotatable bonds is 5. The van der Waals surface area contributed by atoms with Crippen LogP contribution in [0.15, 0.2) is 36.4 Å². The molecule has 90 valence electrons. The molecular weight excluding hydrogens is 200 g/mol. The number of benzene rings is 1. The number of carbonyl (C=O) groups excluding carboxylic acids is 1. The second kappa shape index (κ2) is 11.8. The largest absolute Gasteiger partial charge is 0.469 e. The Hall–Kier alpha value is -1.31. The molecule has 1 rings (SSSR count). The van der Waals surface area contributed by atoms with E-state index in [1.807, 2.05) is 36.4 Å². The smallest absolute Gasteiger partial charge is 0.305 e. The molecule has 2 heteroatoms. The van der Waals surface area contributed by atoms with Gasteiger partial charge in [-0.3, -0.25) is 4.79 Å². The summed E-state index contributed by atoms with van der Waals surface area (Å²) in [4.78, 5) is 10.6. The van der Waals surface area contributed by atoms with Crippen molar-refractivity contribution in [3.05, 3.63) is 36.4 Å². The molecular formula is C14H22O2. The molecule has 0 spiro atoms. The minimum absolute atomic E-state index is 0.0869. The maximum Gasteiger partial charge on any atom is 0.305 e. The Labute approximate surface area is 98.6 Å². The van der Waals surface area contributed by atoms with E-state index in [9.17, 15) is 4.79 Å². The number of esters is 1. The van der Waals surface area contributed by atoms with Crippen LogP contribution in [0.25, 0.3) is 0 Å². The first kappa shape index (κ1) is 14.7. The van der Waals surface area contributed by atoms with E-state index >= 15 is 0 Å². The van der Waals surface area contributed by atoms with E-state index in [-0.39, 0.29) is 5.97 Å². The van der Waals surface area contributed by atoms with Crippen molar-refractivity contribution in [2.75, 3.05) is 7.11 Å². The molecule has 0 N–H and O–H groups in total. The molecule has 0 heterocycles. The van der Waals surface area contributed by atoms with Crippen molar-refractivity contribution < 1.29 is 9.53 Å². The first-order valence-corrected chi connectivity index (χ1v) is 5.88. The third-order valence-electron chi connectivity index (χ3n) is 2.13.